The minimum atomic E-state index is -0.512. The Morgan fingerprint density at radius 2 is 2.16 bits per heavy atom. The number of ether oxygens (including phenoxy) is 1. The summed E-state index contributed by atoms with van der Waals surface area (Å²) in [7, 11) is 1.29. The number of rotatable bonds is 5. The standard InChI is InChI=1S/C13H15ClN2O3/c1-19-13(18)10-5-2-8(14)6-11(10)16-12(17)7-15-9-3-4-9/h2,5-6,9,15H,3-4,7H2,1H3,(H,16,17). The minimum Gasteiger partial charge on any atom is -0.465 e. The topological polar surface area (TPSA) is 67.4 Å². The van der Waals surface area contributed by atoms with E-state index in [2.05, 4.69) is 15.4 Å². The fraction of sp³-hybridized carbons (Fsp3) is 0.385. The molecule has 1 aromatic rings. The number of esters is 1. The molecule has 1 aliphatic rings. The Morgan fingerprint density at radius 3 is 2.79 bits per heavy atom. The first-order valence-electron chi connectivity index (χ1n) is 6.01. The monoisotopic (exact) mass is 282 g/mol. The summed E-state index contributed by atoms with van der Waals surface area (Å²) < 4.78 is 4.66. The average molecular weight is 283 g/mol. The van der Waals surface area contributed by atoms with E-state index in [9.17, 15) is 9.59 Å². The Kier molecular flexibility index (Phi) is 4.39. The highest BCUT2D eigenvalue weighted by Crippen LogP contribution is 2.22. The van der Waals surface area contributed by atoms with E-state index < -0.39 is 5.97 Å². The molecule has 1 aromatic carbocycles. The van der Waals surface area contributed by atoms with Gasteiger partial charge in [-0.3, -0.25) is 4.79 Å². The zero-order chi connectivity index (χ0) is 13.8. The Hall–Kier alpha value is -1.59. The molecule has 0 radical (unpaired) electrons. The van der Waals surface area contributed by atoms with E-state index in [4.69, 9.17) is 11.6 Å². The van der Waals surface area contributed by atoms with Crippen LogP contribution in [0.15, 0.2) is 18.2 Å². The summed E-state index contributed by atoms with van der Waals surface area (Å²) in [6.45, 7) is 0.220. The van der Waals surface area contributed by atoms with Crippen LogP contribution in [0.3, 0.4) is 0 Å². The number of hydrogen-bond donors (Lipinski definition) is 2. The molecular formula is C13H15ClN2O3. The molecule has 19 heavy (non-hydrogen) atoms. The summed E-state index contributed by atoms with van der Waals surface area (Å²) in [5.74, 6) is -0.721. The molecule has 0 bridgehead atoms. The van der Waals surface area contributed by atoms with Gasteiger partial charge in [-0.25, -0.2) is 4.79 Å². The third-order valence-corrected chi connectivity index (χ3v) is 3.02. The first kappa shape index (κ1) is 13.8. The van der Waals surface area contributed by atoms with Crippen LogP contribution in [-0.2, 0) is 9.53 Å². The smallest absolute Gasteiger partial charge is 0.339 e. The van der Waals surface area contributed by atoms with Gasteiger partial charge in [0.15, 0.2) is 0 Å². The highest BCUT2D eigenvalue weighted by Gasteiger charge is 2.21. The van der Waals surface area contributed by atoms with Crippen molar-refractivity contribution in [3.05, 3.63) is 28.8 Å². The van der Waals surface area contributed by atoms with E-state index in [0.717, 1.165) is 12.8 Å². The van der Waals surface area contributed by atoms with Crippen LogP contribution >= 0.6 is 11.6 Å². The fourth-order valence-electron chi connectivity index (χ4n) is 1.63. The maximum atomic E-state index is 11.8. The van der Waals surface area contributed by atoms with Gasteiger partial charge in [-0.1, -0.05) is 11.6 Å². The van der Waals surface area contributed by atoms with Gasteiger partial charge < -0.3 is 15.4 Å². The Labute approximate surface area is 116 Å². The van der Waals surface area contributed by atoms with Gasteiger partial charge in [0, 0.05) is 11.1 Å². The van der Waals surface area contributed by atoms with Crippen molar-refractivity contribution in [2.75, 3.05) is 19.0 Å². The lowest BCUT2D eigenvalue weighted by molar-refractivity contribution is -0.115. The summed E-state index contributed by atoms with van der Waals surface area (Å²) in [6, 6.07) is 5.08. The third-order valence-electron chi connectivity index (χ3n) is 2.79. The normalized spacial score (nSPS) is 14.0. The molecule has 102 valence electrons. The number of anilines is 1. The second-order valence-corrected chi connectivity index (χ2v) is 4.82. The molecule has 0 aliphatic heterocycles. The van der Waals surface area contributed by atoms with Gasteiger partial charge in [0.25, 0.3) is 0 Å². The predicted octanol–water partition coefficient (Wildman–Crippen LogP) is 1.82. The lowest BCUT2D eigenvalue weighted by Gasteiger charge is -2.10. The zero-order valence-corrected chi connectivity index (χ0v) is 11.3. The Morgan fingerprint density at radius 1 is 1.42 bits per heavy atom. The van der Waals surface area contributed by atoms with Crippen LogP contribution in [0.25, 0.3) is 0 Å². The maximum Gasteiger partial charge on any atom is 0.339 e. The van der Waals surface area contributed by atoms with E-state index in [1.54, 1.807) is 6.07 Å². The van der Waals surface area contributed by atoms with Crippen molar-refractivity contribution in [3.63, 3.8) is 0 Å². The van der Waals surface area contributed by atoms with E-state index in [0.29, 0.717) is 16.8 Å². The predicted molar refractivity (Wildman–Crippen MR) is 72.4 cm³/mol. The number of nitrogens with one attached hydrogen (secondary N) is 2. The lowest BCUT2D eigenvalue weighted by Crippen LogP contribution is -2.30. The molecule has 1 saturated carbocycles. The van der Waals surface area contributed by atoms with E-state index in [1.807, 2.05) is 0 Å². The SMILES string of the molecule is COC(=O)c1ccc(Cl)cc1NC(=O)CNC1CC1. The fourth-order valence-corrected chi connectivity index (χ4v) is 1.80. The maximum absolute atomic E-state index is 11.8. The molecular weight excluding hydrogens is 268 g/mol. The molecule has 1 amide bonds. The molecule has 1 aliphatic carbocycles. The number of benzene rings is 1. The van der Waals surface area contributed by atoms with Crippen LogP contribution in [0.5, 0.6) is 0 Å². The summed E-state index contributed by atoms with van der Waals surface area (Å²) >= 11 is 5.87. The van der Waals surface area contributed by atoms with Gasteiger partial charge in [0.2, 0.25) is 5.91 Å². The van der Waals surface area contributed by atoms with Crippen molar-refractivity contribution in [1.29, 1.82) is 0 Å². The highest BCUT2D eigenvalue weighted by molar-refractivity contribution is 6.31. The quantitative estimate of drug-likeness (QED) is 0.809. The van der Waals surface area contributed by atoms with Crippen LogP contribution in [0, 0.1) is 0 Å². The average Bonchev–Trinajstić information content (AvgIpc) is 3.20. The molecule has 0 heterocycles. The molecule has 0 aromatic heterocycles. The first-order chi connectivity index (χ1) is 9.10. The van der Waals surface area contributed by atoms with E-state index >= 15 is 0 Å². The van der Waals surface area contributed by atoms with Crippen molar-refractivity contribution in [2.24, 2.45) is 0 Å². The van der Waals surface area contributed by atoms with Crippen LogP contribution in [0.1, 0.15) is 23.2 Å². The molecule has 2 N–H and O–H groups in total. The zero-order valence-electron chi connectivity index (χ0n) is 10.5. The van der Waals surface area contributed by atoms with Gasteiger partial charge in [-0.05, 0) is 31.0 Å². The second kappa shape index (κ2) is 6.04. The number of methoxy groups -OCH3 is 1. The van der Waals surface area contributed by atoms with Crippen molar-refractivity contribution in [2.45, 2.75) is 18.9 Å². The summed E-state index contributed by atoms with van der Waals surface area (Å²) in [5, 5.41) is 6.20. The van der Waals surface area contributed by atoms with Crippen molar-refractivity contribution < 1.29 is 14.3 Å². The molecule has 5 nitrogen and oxygen atoms in total. The van der Waals surface area contributed by atoms with E-state index in [1.165, 1.54) is 19.2 Å². The van der Waals surface area contributed by atoms with Crippen molar-refractivity contribution >= 4 is 29.2 Å². The summed E-state index contributed by atoms with van der Waals surface area (Å²) in [6.07, 6.45) is 2.22. The third kappa shape index (κ3) is 3.94. The largest absolute Gasteiger partial charge is 0.465 e. The molecule has 0 saturated heterocycles. The van der Waals surface area contributed by atoms with Crippen molar-refractivity contribution in [1.82, 2.24) is 5.32 Å². The highest BCUT2D eigenvalue weighted by atomic mass is 35.5. The number of carbonyl (C=O) groups is 2. The van der Waals surface area contributed by atoms with Crippen LogP contribution in [-0.4, -0.2) is 31.6 Å². The molecule has 2 rings (SSSR count). The Balaban J connectivity index is 2.05. The van der Waals surface area contributed by atoms with Gasteiger partial charge in [0.1, 0.15) is 0 Å². The molecule has 1 fully saturated rings. The minimum absolute atomic E-state index is 0.209. The van der Waals surface area contributed by atoms with Crippen LogP contribution in [0.4, 0.5) is 5.69 Å². The lowest BCUT2D eigenvalue weighted by atomic mass is 10.2. The number of halogens is 1. The number of carbonyl (C=O) groups excluding carboxylic acids is 2. The number of amides is 1. The number of hydrogen-bond acceptors (Lipinski definition) is 4. The summed E-state index contributed by atoms with van der Waals surface area (Å²) in [5.41, 5.74) is 0.647. The van der Waals surface area contributed by atoms with Gasteiger partial charge >= 0.3 is 5.97 Å². The second-order valence-electron chi connectivity index (χ2n) is 4.38. The summed E-state index contributed by atoms with van der Waals surface area (Å²) in [4.78, 5) is 23.3. The molecule has 0 spiro atoms. The Bertz CT molecular complexity index is 501. The van der Waals surface area contributed by atoms with E-state index in [-0.39, 0.29) is 18.0 Å². The van der Waals surface area contributed by atoms with Gasteiger partial charge in [-0.15, -0.1) is 0 Å². The van der Waals surface area contributed by atoms with Crippen LogP contribution < -0.4 is 10.6 Å². The molecule has 0 atom stereocenters. The van der Waals surface area contributed by atoms with Crippen molar-refractivity contribution in [3.8, 4) is 0 Å². The van der Waals surface area contributed by atoms with Crippen LogP contribution in [0.2, 0.25) is 5.02 Å². The molecule has 6 heteroatoms. The molecule has 0 unspecified atom stereocenters. The van der Waals surface area contributed by atoms with Gasteiger partial charge in [0.05, 0.1) is 24.9 Å². The van der Waals surface area contributed by atoms with Gasteiger partial charge in [-0.2, -0.15) is 0 Å². The first-order valence-corrected chi connectivity index (χ1v) is 6.39.